The van der Waals surface area contributed by atoms with E-state index in [0.717, 1.165) is 25.9 Å². The zero-order valence-corrected chi connectivity index (χ0v) is 9.82. The van der Waals surface area contributed by atoms with Crippen LogP contribution in [0, 0.1) is 0 Å². The van der Waals surface area contributed by atoms with Crippen molar-refractivity contribution >= 4 is 5.97 Å². The summed E-state index contributed by atoms with van der Waals surface area (Å²) in [5.41, 5.74) is -0.410. The van der Waals surface area contributed by atoms with Gasteiger partial charge in [0.15, 0.2) is 0 Å². The number of esters is 1. The molecular weight excluding hydrogens is 194 g/mol. The molecule has 0 aromatic heterocycles. The SMILES string of the molecule is CC(C)(C)OC(=O)CN1CCC(O)CC1. The molecule has 0 bridgehead atoms. The van der Waals surface area contributed by atoms with Gasteiger partial charge in [0.05, 0.1) is 12.6 Å². The van der Waals surface area contributed by atoms with E-state index in [2.05, 4.69) is 0 Å². The van der Waals surface area contributed by atoms with E-state index in [1.54, 1.807) is 0 Å². The first-order chi connectivity index (χ1) is 6.87. The molecule has 1 rings (SSSR count). The van der Waals surface area contributed by atoms with Crippen molar-refractivity contribution in [3.63, 3.8) is 0 Å². The molecule has 0 aromatic carbocycles. The molecule has 0 aromatic rings. The molecule has 1 aliphatic heterocycles. The van der Waals surface area contributed by atoms with E-state index < -0.39 is 5.60 Å². The van der Waals surface area contributed by atoms with Crippen molar-refractivity contribution in [1.29, 1.82) is 0 Å². The monoisotopic (exact) mass is 215 g/mol. The van der Waals surface area contributed by atoms with Gasteiger partial charge in [-0.3, -0.25) is 9.69 Å². The van der Waals surface area contributed by atoms with Crippen LogP contribution in [0.25, 0.3) is 0 Å². The predicted molar refractivity (Wildman–Crippen MR) is 57.5 cm³/mol. The first kappa shape index (κ1) is 12.5. The molecule has 1 N–H and O–H groups in total. The number of ether oxygens (including phenoxy) is 1. The zero-order chi connectivity index (χ0) is 11.5. The third kappa shape index (κ3) is 5.14. The Hall–Kier alpha value is -0.610. The highest BCUT2D eigenvalue weighted by Crippen LogP contribution is 2.11. The summed E-state index contributed by atoms with van der Waals surface area (Å²) in [5, 5.41) is 9.30. The van der Waals surface area contributed by atoms with Crippen LogP contribution in [0.5, 0.6) is 0 Å². The average Bonchev–Trinajstić information content (AvgIpc) is 2.05. The molecule has 15 heavy (non-hydrogen) atoms. The highest BCUT2D eigenvalue weighted by Gasteiger charge is 2.22. The number of likely N-dealkylation sites (tertiary alicyclic amines) is 1. The summed E-state index contributed by atoms with van der Waals surface area (Å²) < 4.78 is 5.22. The fraction of sp³-hybridized carbons (Fsp3) is 0.909. The van der Waals surface area contributed by atoms with Crippen molar-refractivity contribution < 1.29 is 14.6 Å². The fourth-order valence-corrected chi connectivity index (χ4v) is 1.63. The van der Waals surface area contributed by atoms with Crippen LogP contribution in [0.2, 0.25) is 0 Å². The largest absolute Gasteiger partial charge is 0.459 e. The molecule has 0 amide bonds. The lowest BCUT2D eigenvalue weighted by Gasteiger charge is -2.29. The molecule has 0 radical (unpaired) electrons. The number of nitrogens with zero attached hydrogens (tertiary/aromatic N) is 1. The van der Waals surface area contributed by atoms with Gasteiger partial charge in [0.1, 0.15) is 5.60 Å². The maximum absolute atomic E-state index is 11.5. The number of carbonyl (C=O) groups excluding carboxylic acids is 1. The lowest BCUT2D eigenvalue weighted by molar-refractivity contribution is -0.156. The van der Waals surface area contributed by atoms with Gasteiger partial charge >= 0.3 is 5.97 Å². The third-order valence-corrected chi connectivity index (χ3v) is 2.33. The molecule has 1 fully saturated rings. The molecule has 0 atom stereocenters. The molecule has 1 saturated heterocycles. The Labute approximate surface area is 91.2 Å². The van der Waals surface area contributed by atoms with Gasteiger partial charge in [0.25, 0.3) is 0 Å². The van der Waals surface area contributed by atoms with Gasteiger partial charge in [-0.25, -0.2) is 0 Å². The summed E-state index contributed by atoms with van der Waals surface area (Å²) in [4.78, 5) is 13.5. The fourth-order valence-electron chi connectivity index (χ4n) is 1.63. The van der Waals surface area contributed by atoms with E-state index in [1.807, 2.05) is 25.7 Å². The van der Waals surface area contributed by atoms with E-state index in [9.17, 15) is 9.90 Å². The molecule has 0 aliphatic carbocycles. The summed E-state index contributed by atoms with van der Waals surface area (Å²) in [5.74, 6) is -0.182. The molecule has 0 unspecified atom stereocenters. The van der Waals surface area contributed by atoms with Crippen molar-refractivity contribution in [3.8, 4) is 0 Å². The summed E-state index contributed by atoms with van der Waals surface area (Å²) in [7, 11) is 0. The van der Waals surface area contributed by atoms with E-state index in [0.29, 0.717) is 6.54 Å². The number of rotatable bonds is 2. The minimum atomic E-state index is -0.410. The first-order valence-corrected chi connectivity index (χ1v) is 5.49. The van der Waals surface area contributed by atoms with Crippen LogP contribution in [0.3, 0.4) is 0 Å². The number of aliphatic hydroxyl groups is 1. The number of carbonyl (C=O) groups is 1. The van der Waals surface area contributed by atoms with E-state index in [-0.39, 0.29) is 12.1 Å². The topological polar surface area (TPSA) is 49.8 Å². The van der Waals surface area contributed by atoms with Gasteiger partial charge < -0.3 is 9.84 Å². The minimum absolute atomic E-state index is 0.182. The first-order valence-electron chi connectivity index (χ1n) is 5.49. The number of piperidine rings is 1. The summed E-state index contributed by atoms with van der Waals surface area (Å²) in [6, 6.07) is 0. The highest BCUT2D eigenvalue weighted by molar-refractivity contribution is 5.72. The van der Waals surface area contributed by atoms with Crippen LogP contribution >= 0.6 is 0 Å². The Bertz CT molecular complexity index is 214. The van der Waals surface area contributed by atoms with Gasteiger partial charge in [-0.2, -0.15) is 0 Å². The smallest absolute Gasteiger partial charge is 0.320 e. The van der Waals surface area contributed by atoms with Gasteiger partial charge in [-0.1, -0.05) is 0 Å². The van der Waals surface area contributed by atoms with Gasteiger partial charge in [-0.05, 0) is 33.6 Å². The second-order valence-electron chi connectivity index (χ2n) is 5.09. The quantitative estimate of drug-likeness (QED) is 0.692. The molecule has 88 valence electrons. The van der Waals surface area contributed by atoms with E-state index in [4.69, 9.17) is 4.74 Å². The third-order valence-electron chi connectivity index (χ3n) is 2.33. The summed E-state index contributed by atoms with van der Waals surface area (Å²) in [6.07, 6.45) is 1.31. The van der Waals surface area contributed by atoms with Crippen LogP contribution in [0.15, 0.2) is 0 Å². The number of hydrogen-bond acceptors (Lipinski definition) is 4. The molecule has 1 heterocycles. The zero-order valence-electron chi connectivity index (χ0n) is 9.82. The lowest BCUT2D eigenvalue weighted by atomic mass is 10.1. The summed E-state index contributed by atoms with van der Waals surface area (Å²) in [6.45, 7) is 7.49. The average molecular weight is 215 g/mol. The molecule has 1 aliphatic rings. The normalized spacial score (nSPS) is 20.3. The minimum Gasteiger partial charge on any atom is -0.459 e. The van der Waals surface area contributed by atoms with Crippen molar-refractivity contribution in [2.24, 2.45) is 0 Å². The predicted octanol–water partition coefficient (Wildman–Crippen LogP) is 0.785. The molecule has 0 spiro atoms. The van der Waals surface area contributed by atoms with Gasteiger partial charge in [0, 0.05) is 13.1 Å². The van der Waals surface area contributed by atoms with E-state index >= 15 is 0 Å². The van der Waals surface area contributed by atoms with Crippen LogP contribution in [0.4, 0.5) is 0 Å². The Morgan fingerprint density at radius 2 is 1.93 bits per heavy atom. The van der Waals surface area contributed by atoms with Crippen molar-refractivity contribution in [3.05, 3.63) is 0 Å². The van der Waals surface area contributed by atoms with Crippen LogP contribution < -0.4 is 0 Å². The van der Waals surface area contributed by atoms with Crippen LogP contribution in [0.1, 0.15) is 33.6 Å². The Morgan fingerprint density at radius 1 is 1.40 bits per heavy atom. The number of aliphatic hydroxyl groups excluding tert-OH is 1. The molecule has 0 saturated carbocycles. The van der Waals surface area contributed by atoms with E-state index in [1.165, 1.54) is 0 Å². The van der Waals surface area contributed by atoms with Crippen molar-refractivity contribution in [2.45, 2.75) is 45.3 Å². The van der Waals surface area contributed by atoms with Gasteiger partial charge in [-0.15, -0.1) is 0 Å². The Kier molecular flexibility index (Phi) is 4.11. The second-order valence-corrected chi connectivity index (χ2v) is 5.09. The Balaban J connectivity index is 2.27. The number of hydrogen-bond donors (Lipinski definition) is 1. The second kappa shape index (κ2) is 4.94. The van der Waals surface area contributed by atoms with Gasteiger partial charge in [0.2, 0.25) is 0 Å². The lowest BCUT2D eigenvalue weighted by Crippen LogP contribution is -2.40. The molecule has 4 nitrogen and oxygen atoms in total. The van der Waals surface area contributed by atoms with Crippen molar-refractivity contribution in [2.75, 3.05) is 19.6 Å². The highest BCUT2D eigenvalue weighted by atomic mass is 16.6. The van der Waals surface area contributed by atoms with Crippen molar-refractivity contribution in [1.82, 2.24) is 4.90 Å². The summed E-state index contributed by atoms with van der Waals surface area (Å²) >= 11 is 0. The van der Waals surface area contributed by atoms with Crippen LogP contribution in [-0.2, 0) is 9.53 Å². The maximum Gasteiger partial charge on any atom is 0.320 e. The molecule has 4 heteroatoms. The maximum atomic E-state index is 11.5. The molecular formula is C11H21NO3. The van der Waals surface area contributed by atoms with Crippen LogP contribution in [-0.4, -0.2) is 47.3 Å². The standard InChI is InChI=1S/C11H21NO3/c1-11(2,3)15-10(14)8-12-6-4-9(13)5-7-12/h9,13H,4-8H2,1-3H3. The Morgan fingerprint density at radius 3 is 2.40 bits per heavy atom.